The molecule has 0 unspecified atom stereocenters. The Bertz CT molecular complexity index is 1810. The number of fused-ring (bicyclic) bond motifs is 1. The molecular weight excluding hydrogens is 572 g/mol. The van der Waals surface area contributed by atoms with E-state index in [1.54, 1.807) is 42.7 Å². The van der Waals surface area contributed by atoms with Crippen LogP contribution in [-0.2, 0) is 11.2 Å². The van der Waals surface area contributed by atoms with Crippen molar-refractivity contribution < 1.29 is 29.0 Å². The number of pyridine rings is 1. The minimum atomic E-state index is -1.11. The Hall–Kier alpha value is -5.64. The molecule has 10 heteroatoms. The smallest absolute Gasteiger partial charge is 0.337 e. The van der Waals surface area contributed by atoms with E-state index in [1.165, 1.54) is 6.07 Å². The molecule has 2 aromatic heterocycles. The number of aromatic carboxylic acids is 1. The first-order valence-corrected chi connectivity index (χ1v) is 14.8. The number of carboxylic acids is 1. The number of aromatic amines is 1. The second kappa shape index (κ2) is 13.3. The van der Waals surface area contributed by atoms with Crippen LogP contribution >= 0.6 is 0 Å². The van der Waals surface area contributed by atoms with Gasteiger partial charge in [-0.1, -0.05) is 36.4 Å². The Morgan fingerprint density at radius 3 is 2.33 bits per heavy atom. The summed E-state index contributed by atoms with van der Waals surface area (Å²) in [5, 5.41) is 16.0. The largest absolute Gasteiger partial charge is 0.490 e. The quantitative estimate of drug-likeness (QED) is 0.145. The highest BCUT2D eigenvalue weighted by atomic mass is 16.5. The average molecular weight is 605 g/mol. The fraction of sp³-hybridized carbons (Fsp3) is 0.200. The molecule has 1 fully saturated rings. The van der Waals surface area contributed by atoms with Crippen molar-refractivity contribution in [3.8, 4) is 17.4 Å². The number of H-pyrrole nitrogens is 1. The van der Waals surface area contributed by atoms with Crippen molar-refractivity contribution >= 4 is 34.4 Å². The molecule has 45 heavy (non-hydrogen) atoms. The summed E-state index contributed by atoms with van der Waals surface area (Å²) >= 11 is 0. The van der Waals surface area contributed by atoms with Crippen molar-refractivity contribution in [1.29, 1.82) is 0 Å². The van der Waals surface area contributed by atoms with Gasteiger partial charge >= 0.3 is 5.97 Å². The molecular formula is C35H32N4O6. The zero-order valence-corrected chi connectivity index (χ0v) is 24.4. The Kier molecular flexibility index (Phi) is 8.72. The molecule has 0 atom stereocenters. The third-order valence-electron chi connectivity index (χ3n) is 7.79. The minimum absolute atomic E-state index is 0.0275. The van der Waals surface area contributed by atoms with Gasteiger partial charge in [-0.3, -0.25) is 9.59 Å². The van der Waals surface area contributed by atoms with Gasteiger partial charge in [-0.05, 0) is 73.7 Å². The van der Waals surface area contributed by atoms with E-state index in [2.05, 4.69) is 20.6 Å². The van der Waals surface area contributed by atoms with Crippen molar-refractivity contribution in [3.05, 3.63) is 114 Å². The number of anilines is 1. The Balaban J connectivity index is 0.947. The number of carboxylic acid groups (broad SMARTS) is 1. The molecule has 6 rings (SSSR count). The standard InChI is InChI=1S/C35H32N4O6/c40-32(39-31-8-4-2-6-28(31)35(42)43)19-22-9-18-33(37-20-22)45-26-16-14-25(15-17-26)44-24-12-10-23(11-13-24)38-34(41)29-21-36-30-7-3-1-5-27(29)30/h1-9,14-18,20-21,23-24,36H,10-13,19H2,(H,38,41)(H,39,40)(H,42,43). The topological polar surface area (TPSA) is 143 Å². The first-order chi connectivity index (χ1) is 21.9. The molecule has 0 saturated heterocycles. The van der Waals surface area contributed by atoms with Crippen LogP contribution in [0.25, 0.3) is 10.9 Å². The number of carbonyl (C=O) groups excluding carboxylic acids is 2. The van der Waals surface area contributed by atoms with E-state index >= 15 is 0 Å². The fourth-order valence-corrected chi connectivity index (χ4v) is 5.48. The highest BCUT2D eigenvalue weighted by Gasteiger charge is 2.25. The summed E-state index contributed by atoms with van der Waals surface area (Å²) in [6, 6.07) is 24.9. The van der Waals surface area contributed by atoms with Gasteiger partial charge in [0.1, 0.15) is 11.5 Å². The molecule has 2 amide bonds. The van der Waals surface area contributed by atoms with Crippen LogP contribution in [-0.4, -0.2) is 45.0 Å². The monoisotopic (exact) mass is 604 g/mol. The minimum Gasteiger partial charge on any atom is -0.490 e. The lowest BCUT2D eigenvalue weighted by Crippen LogP contribution is -2.39. The number of para-hydroxylation sites is 2. The van der Waals surface area contributed by atoms with Crippen molar-refractivity contribution in [2.24, 2.45) is 0 Å². The molecule has 1 saturated carbocycles. The van der Waals surface area contributed by atoms with Crippen LogP contribution < -0.4 is 20.1 Å². The van der Waals surface area contributed by atoms with Crippen molar-refractivity contribution in [2.45, 2.75) is 44.2 Å². The van der Waals surface area contributed by atoms with Crippen LogP contribution in [0.1, 0.15) is 52.0 Å². The molecule has 10 nitrogen and oxygen atoms in total. The molecule has 2 heterocycles. The number of ether oxygens (including phenoxy) is 2. The lowest BCUT2D eigenvalue weighted by Gasteiger charge is -2.29. The van der Waals surface area contributed by atoms with Crippen LogP contribution in [0.5, 0.6) is 17.4 Å². The molecule has 1 aliphatic carbocycles. The fourth-order valence-electron chi connectivity index (χ4n) is 5.48. The molecule has 0 aliphatic heterocycles. The van der Waals surface area contributed by atoms with Gasteiger partial charge in [0.2, 0.25) is 11.8 Å². The summed E-state index contributed by atoms with van der Waals surface area (Å²) in [5.74, 6) is 0.194. The number of nitrogens with zero attached hydrogens (tertiary/aromatic N) is 1. The Labute approximate surface area is 259 Å². The number of carbonyl (C=O) groups is 3. The van der Waals surface area contributed by atoms with Gasteiger partial charge in [0.25, 0.3) is 5.91 Å². The first-order valence-electron chi connectivity index (χ1n) is 14.8. The summed E-state index contributed by atoms with van der Waals surface area (Å²) in [6.45, 7) is 0. The van der Waals surface area contributed by atoms with Gasteiger partial charge in [0.05, 0.1) is 29.3 Å². The normalized spacial score (nSPS) is 16.1. The lowest BCUT2D eigenvalue weighted by molar-refractivity contribution is -0.115. The summed E-state index contributed by atoms with van der Waals surface area (Å²) in [6.07, 6.45) is 6.80. The Morgan fingerprint density at radius 1 is 0.844 bits per heavy atom. The van der Waals surface area contributed by atoms with Crippen LogP contribution in [0, 0.1) is 0 Å². The summed E-state index contributed by atoms with van der Waals surface area (Å²) in [5.41, 5.74) is 2.55. The van der Waals surface area contributed by atoms with Gasteiger partial charge < -0.3 is 30.2 Å². The highest BCUT2D eigenvalue weighted by molar-refractivity contribution is 6.06. The predicted molar refractivity (Wildman–Crippen MR) is 169 cm³/mol. The maximum Gasteiger partial charge on any atom is 0.337 e. The molecule has 4 N–H and O–H groups in total. The van der Waals surface area contributed by atoms with Gasteiger partial charge in [0, 0.05) is 35.4 Å². The number of benzene rings is 3. The molecule has 0 radical (unpaired) electrons. The number of rotatable bonds is 10. The maximum atomic E-state index is 12.9. The van der Waals surface area contributed by atoms with Crippen LogP contribution in [0.2, 0.25) is 0 Å². The summed E-state index contributed by atoms with van der Waals surface area (Å²) in [4.78, 5) is 44.1. The molecule has 0 bridgehead atoms. The Morgan fingerprint density at radius 2 is 1.58 bits per heavy atom. The van der Waals surface area contributed by atoms with Crippen molar-refractivity contribution in [2.75, 3.05) is 5.32 Å². The SMILES string of the molecule is O=C(Cc1ccc(Oc2ccc(OC3CCC(NC(=O)c4c[nH]c5ccccc45)CC3)cc2)nc1)Nc1ccccc1C(=O)O. The van der Waals surface area contributed by atoms with Gasteiger partial charge in [-0.2, -0.15) is 0 Å². The molecule has 1 aliphatic rings. The molecule has 0 spiro atoms. The van der Waals surface area contributed by atoms with E-state index in [-0.39, 0.29) is 41.6 Å². The second-order valence-electron chi connectivity index (χ2n) is 11.0. The van der Waals surface area contributed by atoms with E-state index in [0.29, 0.717) is 22.8 Å². The van der Waals surface area contributed by atoms with E-state index in [9.17, 15) is 19.5 Å². The van der Waals surface area contributed by atoms with E-state index in [4.69, 9.17) is 9.47 Å². The number of nitrogens with one attached hydrogen (secondary N) is 3. The zero-order chi connectivity index (χ0) is 31.2. The molecule has 228 valence electrons. The van der Waals surface area contributed by atoms with E-state index in [0.717, 1.165) is 42.3 Å². The van der Waals surface area contributed by atoms with Crippen molar-refractivity contribution in [3.63, 3.8) is 0 Å². The highest BCUT2D eigenvalue weighted by Crippen LogP contribution is 2.28. The predicted octanol–water partition coefficient (Wildman–Crippen LogP) is 6.35. The average Bonchev–Trinajstić information content (AvgIpc) is 3.49. The third-order valence-corrected chi connectivity index (χ3v) is 7.79. The van der Waals surface area contributed by atoms with E-state index < -0.39 is 5.97 Å². The third kappa shape index (κ3) is 7.30. The van der Waals surface area contributed by atoms with Crippen molar-refractivity contribution in [1.82, 2.24) is 15.3 Å². The number of hydrogen-bond acceptors (Lipinski definition) is 6. The summed E-state index contributed by atoms with van der Waals surface area (Å²) < 4.78 is 12.1. The van der Waals surface area contributed by atoms with E-state index in [1.807, 2.05) is 48.5 Å². The maximum absolute atomic E-state index is 12.9. The number of amides is 2. The summed E-state index contributed by atoms with van der Waals surface area (Å²) in [7, 11) is 0. The lowest BCUT2D eigenvalue weighted by atomic mass is 9.92. The molecule has 3 aromatic carbocycles. The molecule has 5 aromatic rings. The van der Waals surface area contributed by atoms with Gasteiger partial charge in [-0.15, -0.1) is 0 Å². The first kappa shape index (κ1) is 29.4. The van der Waals surface area contributed by atoms with Gasteiger partial charge in [0.15, 0.2) is 0 Å². The van der Waals surface area contributed by atoms with Gasteiger partial charge in [-0.25, -0.2) is 9.78 Å². The number of aromatic nitrogens is 2. The number of hydrogen-bond donors (Lipinski definition) is 4. The second-order valence-corrected chi connectivity index (χ2v) is 11.0. The van der Waals surface area contributed by atoms with Crippen LogP contribution in [0.15, 0.2) is 97.3 Å². The zero-order valence-electron chi connectivity index (χ0n) is 24.4. The van der Waals surface area contributed by atoms with Crippen LogP contribution in [0.4, 0.5) is 5.69 Å². The van der Waals surface area contributed by atoms with Crippen LogP contribution in [0.3, 0.4) is 0 Å².